The summed E-state index contributed by atoms with van der Waals surface area (Å²) < 4.78 is 11.0. The van der Waals surface area contributed by atoms with Crippen LogP contribution in [0.15, 0.2) is 30.4 Å². The highest BCUT2D eigenvalue weighted by Crippen LogP contribution is 2.28. The number of hydrogen-bond donors (Lipinski definition) is 2. The molecular weight excluding hydrogens is 280 g/mol. The summed E-state index contributed by atoms with van der Waals surface area (Å²) in [6.45, 7) is 3.17. The van der Waals surface area contributed by atoms with E-state index in [1.54, 1.807) is 7.11 Å². The first kappa shape index (κ1) is 16.2. The number of urea groups is 1. The second kappa shape index (κ2) is 8.32. The van der Waals surface area contributed by atoms with Crippen molar-refractivity contribution in [3.05, 3.63) is 35.9 Å². The summed E-state index contributed by atoms with van der Waals surface area (Å²) in [5.74, 6) is 1.42. The molecule has 5 nitrogen and oxygen atoms in total. The van der Waals surface area contributed by atoms with E-state index in [1.165, 1.54) is 0 Å². The summed E-state index contributed by atoms with van der Waals surface area (Å²) in [5, 5.41) is 5.81. The molecule has 0 saturated carbocycles. The van der Waals surface area contributed by atoms with E-state index >= 15 is 0 Å². The number of carbonyl (C=O) groups is 1. The van der Waals surface area contributed by atoms with E-state index in [1.807, 2.05) is 18.2 Å². The lowest BCUT2D eigenvalue weighted by Gasteiger charge is -2.14. The van der Waals surface area contributed by atoms with Crippen LogP contribution in [0.2, 0.25) is 0 Å². The third kappa shape index (κ3) is 4.69. The van der Waals surface area contributed by atoms with Gasteiger partial charge in [-0.1, -0.05) is 25.1 Å². The third-order valence-corrected chi connectivity index (χ3v) is 3.49. The first-order chi connectivity index (χ1) is 10.7. The predicted molar refractivity (Wildman–Crippen MR) is 86.3 cm³/mol. The zero-order valence-corrected chi connectivity index (χ0v) is 13.2. The van der Waals surface area contributed by atoms with Crippen LogP contribution in [0.4, 0.5) is 4.79 Å². The molecule has 1 aromatic carbocycles. The molecule has 1 aliphatic carbocycles. The number of amides is 2. The lowest BCUT2D eigenvalue weighted by molar-refractivity contribution is 0.237. The summed E-state index contributed by atoms with van der Waals surface area (Å²) in [5.41, 5.74) is 0.973. The first-order valence-corrected chi connectivity index (χ1v) is 7.72. The second-order valence-electron chi connectivity index (χ2n) is 5.30. The van der Waals surface area contributed by atoms with Crippen molar-refractivity contribution in [3.8, 4) is 11.5 Å². The average Bonchev–Trinajstić information content (AvgIpc) is 3.04. The van der Waals surface area contributed by atoms with Crippen LogP contribution in [-0.4, -0.2) is 25.8 Å². The Morgan fingerprint density at radius 1 is 1.27 bits per heavy atom. The van der Waals surface area contributed by atoms with Crippen molar-refractivity contribution < 1.29 is 14.3 Å². The van der Waals surface area contributed by atoms with E-state index in [4.69, 9.17) is 9.47 Å². The Kier molecular flexibility index (Phi) is 6.13. The maximum atomic E-state index is 11.8. The zero-order chi connectivity index (χ0) is 15.8. The topological polar surface area (TPSA) is 59.6 Å². The van der Waals surface area contributed by atoms with Gasteiger partial charge in [-0.15, -0.1) is 0 Å². The second-order valence-corrected chi connectivity index (χ2v) is 5.30. The average molecular weight is 304 g/mol. The highest BCUT2D eigenvalue weighted by Gasteiger charge is 2.13. The van der Waals surface area contributed by atoms with Gasteiger partial charge in [0.15, 0.2) is 11.5 Å². The highest BCUT2D eigenvalue weighted by atomic mass is 16.5. The Morgan fingerprint density at radius 3 is 2.73 bits per heavy atom. The molecule has 2 N–H and O–H groups in total. The molecular formula is C17H24N2O3. The zero-order valence-electron chi connectivity index (χ0n) is 13.2. The van der Waals surface area contributed by atoms with Crippen molar-refractivity contribution >= 4 is 6.03 Å². The van der Waals surface area contributed by atoms with Crippen molar-refractivity contribution in [2.75, 3.05) is 13.7 Å². The van der Waals surface area contributed by atoms with E-state index in [2.05, 4.69) is 29.7 Å². The van der Waals surface area contributed by atoms with Crippen LogP contribution >= 0.6 is 0 Å². The smallest absolute Gasteiger partial charge is 0.315 e. The van der Waals surface area contributed by atoms with Crippen LogP contribution in [0, 0.1) is 0 Å². The number of nitrogens with one attached hydrogen (secondary N) is 2. The molecule has 0 saturated heterocycles. The number of carbonyl (C=O) groups excluding carboxylic acids is 1. The van der Waals surface area contributed by atoms with Gasteiger partial charge in [0.2, 0.25) is 0 Å². The molecule has 2 rings (SSSR count). The molecule has 5 heteroatoms. The Labute approximate surface area is 131 Å². The van der Waals surface area contributed by atoms with Gasteiger partial charge in [0.1, 0.15) is 0 Å². The van der Waals surface area contributed by atoms with Gasteiger partial charge in [-0.05, 0) is 37.0 Å². The summed E-state index contributed by atoms with van der Waals surface area (Å²) in [6.07, 6.45) is 6.94. The number of benzene rings is 1. The Bertz CT molecular complexity index is 521. The van der Waals surface area contributed by atoms with Gasteiger partial charge < -0.3 is 20.1 Å². The van der Waals surface area contributed by atoms with Gasteiger partial charge in [0.05, 0.1) is 13.7 Å². The van der Waals surface area contributed by atoms with Crippen molar-refractivity contribution in [2.24, 2.45) is 0 Å². The molecule has 120 valence electrons. The molecule has 0 spiro atoms. The molecule has 0 heterocycles. The SMILES string of the molecule is CCCOc1ccc(CNC(=O)NC2CC=CC2)cc1OC. The summed E-state index contributed by atoms with van der Waals surface area (Å²) >= 11 is 0. The Hall–Kier alpha value is -2.17. The summed E-state index contributed by atoms with van der Waals surface area (Å²) in [7, 11) is 1.62. The van der Waals surface area contributed by atoms with E-state index in [-0.39, 0.29) is 12.1 Å². The number of methoxy groups -OCH3 is 1. The largest absolute Gasteiger partial charge is 0.493 e. The number of ether oxygens (including phenoxy) is 2. The van der Waals surface area contributed by atoms with Gasteiger partial charge >= 0.3 is 6.03 Å². The van der Waals surface area contributed by atoms with Crippen molar-refractivity contribution in [1.82, 2.24) is 10.6 Å². The Morgan fingerprint density at radius 2 is 2.05 bits per heavy atom. The Balaban J connectivity index is 1.85. The minimum Gasteiger partial charge on any atom is -0.493 e. The van der Waals surface area contributed by atoms with E-state index < -0.39 is 0 Å². The molecule has 0 atom stereocenters. The summed E-state index contributed by atoms with van der Waals surface area (Å²) in [4.78, 5) is 11.8. The number of rotatable bonds is 7. The molecule has 1 aliphatic rings. The normalized spacial score (nSPS) is 13.9. The summed E-state index contributed by atoms with van der Waals surface area (Å²) in [6, 6.07) is 5.79. The van der Waals surface area contributed by atoms with Gasteiger partial charge in [0.25, 0.3) is 0 Å². The van der Waals surface area contributed by atoms with Crippen LogP contribution in [-0.2, 0) is 6.54 Å². The minimum atomic E-state index is -0.140. The fraction of sp³-hybridized carbons (Fsp3) is 0.471. The monoisotopic (exact) mass is 304 g/mol. The maximum Gasteiger partial charge on any atom is 0.315 e. The van der Waals surface area contributed by atoms with Gasteiger partial charge in [-0.3, -0.25) is 0 Å². The lowest BCUT2D eigenvalue weighted by Crippen LogP contribution is -2.40. The van der Waals surface area contributed by atoms with Crippen LogP contribution in [0.1, 0.15) is 31.7 Å². The molecule has 0 fully saturated rings. The van der Waals surface area contributed by atoms with E-state index in [0.29, 0.717) is 18.9 Å². The molecule has 0 aromatic heterocycles. The molecule has 0 aliphatic heterocycles. The van der Waals surface area contributed by atoms with Crippen molar-refractivity contribution in [1.29, 1.82) is 0 Å². The van der Waals surface area contributed by atoms with E-state index in [9.17, 15) is 4.79 Å². The molecule has 1 aromatic rings. The fourth-order valence-electron chi connectivity index (χ4n) is 2.31. The fourth-order valence-corrected chi connectivity index (χ4v) is 2.31. The van der Waals surface area contributed by atoms with Crippen LogP contribution in [0.25, 0.3) is 0 Å². The quantitative estimate of drug-likeness (QED) is 0.761. The number of hydrogen-bond acceptors (Lipinski definition) is 3. The molecule has 0 radical (unpaired) electrons. The lowest BCUT2D eigenvalue weighted by atomic mass is 10.2. The minimum absolute atomic E-state index is 0.140. The highest BCUT2D eigenvalue weighted by molar-refractivity contribution is 5.74. The maximum absolute atomic E-state index is 11.8. The van der Waals surface area contributed by atoms with Gasteiger partial charge in [-0.25, -0.2) is 4.79 Å². The predicted octanol–water partition coefficient (Wildman–Crippen LogP) is 3.00. The standard InChI is InChI=1S/C17H24N2O3/c1-3-10-22-15-9-8-13(11-16(15)21-2)12-18-17(20)19-14-6-4-5-7-14/h4-5,8-9,11,14H,3,6-7,10,12H2,1-2H3,(H2,18,19,20). The van der Waals surface area contributed by atoms with Crippen LogP contribution in [0.5, 0.6) is 11.5 Å². The van der Waals surface area contributed by atoms with Gasteiger partial charge in [0, 0.05) is 12.6 Å². The van der Waals surface area contributed by atoms with Gasteiger partial charge in [-0.2, -0.15) is 0 Å². The molecule has 0 bridgehead atoms. The molecule has 0 unspecified atom stereocenters. The third-order valence-electron chi connectivity index (χ3n) is 3.49. The molecule has 2 amide bonds. The molecule has 22 heavy (non-hydrogen) atoms. The van der Waals surface area contributed by atoms with E-state index in [0.717, 1.165) is 30.6 Å². The van der Waals surface area contributed by atoms with Crippen LogP contribution in [0.3, 0.4) is 0 Å². The van der Waals surface area contributed by atoms with Crippen molar-refractivity contribution in [3.63, 3.8) is 0 Å². The van der Waals surface area contributed by atoms with Crippen molar-refractivity contribution in [2.45, 2.75) is 38.8 Å². The first-order valence-electron chi connectivity index (χ1n) is 7.72. The van der Waals surface area contributed by atoms with Crippen LogP contribution < -0.4 is 20.1 Å².